The molecule has 0 spiro atoms. The van der Waals surface area contributed by atoms with Gasteiger partial charge in [0, 0.05) is 17.3 Å². The molecule has 7 nitrogen and oxygen atoms in total. The molecule has 0 atom stereocenters. The summed E-state index contributed by atoms with van der Waals surface area (Å²) in [5.74, 6) is -1.23. The molecule has 3 aromatic rings. The summed E-state index contributed by atoms with van der Waals surface area (Å²) < 4.78 is 1.33. The van der Waals surface area contributed by atoms with E-state index in [1.54, 1.807) is 30.3 Å². The minimum Gasteiger partial charge on any atom is -0.478 e. The van der Waals surface area contributed by atoms with Crippen LogP contribution in [0.2, 0.25) is 5.02 Å². The van der Waals surface area contributed by atoms with E-state index in [2.05, 4.69) is 5.10 Å². The van der Waals surface area contributed by atoms with Crippen LogP contribution in [0.15, 0.2) is 54.7 Å². The minimum absolute atomic E-state index is 0.0229. The monoisotopic (exact) mass is 343 g/mol. The first-order chi connectivity index (χ1) is 11.5. The number of benzene rings is 2. The molecule has 120 valence electrons. The van der Waals surface area contributed by atoms with Gasteiger partial charge in [-0.15, -0.1) is 0 Å². The second-order valence-electron chi connectivity index (χ2n) is 4.90. The molecular formula is C16H10ClN3O4. The van der Waals surface area contributed by atoms with Gasteiger partial charge in [0.2, 0.25) is 0 Å². The number of halogens is 1. The molecule has 0 aliphatic heterocycles. The summed E-state index contributed by atoms with van der Waals surface area (Å²) in [5.41, 5.74) is 0.367. The predicted octanol–water partition coefficient (Wildman–Crippen LogP) is 3.80. The van der Waals surface area contributed by atoms with E-state index < -0.39 is 10.9 Å². The first kappa shape index (κ1) is 15.7. The van der Waals surface area contributed by atoms with Crippen LogP contribution < -0.4 is 0 Å². The van der Waals surface area contributed by atoms with Gasteiger partial charge < -0.3 is 5.11 Å². The van der Waals surface area contributed by atoms with Crippen LogP contribution in [-0.4, -0.2) is 25.8 Å². The van der Waals surface area contributed by atoms with E-state index in [9.17, 15) is 20.0 Å². The lowest BCUT2D eigenvalue weighted by Gasteiger charge is -2.02. The summed E-state index contributed by atoms with van der Waals surface area (Å²) >= 11 is 5.94. The standard InChI is InChI=1S/C16H10ClN3O4/c17-10-4-3-5-11(8-10)19-9-13(16(21)22)15(18-19)12-6-1-2-7-14(12)20(23)24/h1-9H,(H,21,22). The fraction of sp³-hybridized carbons (Fsp3) is 0. The van der Waals surface area contributed by atoms with Crippen LogP contribution in [0.25, 0.3) is 16.9 Å². The van der Waals surface area contributed by atoms with E-state index >= 15 is 0 Å². The van der Waals surface area contributed by atoms with E-state index in [1.807, 2.05) is 0 Å². The first-order valence-corrected chi connectivity index (χ1v) is 7.18. The molecule has 3 rings (SSSR count). The highest BCUT2D eigenvalue weighted by Crippen LogP contribution is 2.31. The van der Waals surface area contributed by atoms with Crippen LogP contribution in [0.1, 0.15) is 10.4 Å². The fourth-order valence-electron chi connectivity index (χ4n) is 2.31. The molecule has 0 fully saturated rings. The molecule has 24 heavy (non-hydrogen) atoms. The number of carbonyl (C=O) groups is 1. The van der Waals surface area contributed by atoms with Gasteiger partial charge in [0.1, 0.15) is 11.3 Å². The molecule has 1 N–H and O–H groups in total. The summed E-state index contributed by atoms with van der Waals surface area (Å²) in [6.45, 7) is 0. The largest absolute Gasteiger partial charge is 0.478 e. The van der Waals surface area contributed by atoms with Gasteiger partial charge in [-0.2, -0.15) is 5.10 Å². The quantitative estimate of drug-likeness (QED) is 0.574. The maximum atomic E-state index is 11.5. The maximum absolute atomic E-state index is 11.5. The van der Waals surface area contributed by atoms with Crippen molar-refractivity contribution in [2.75, 3.05) is 0 Å². The van der Waals surface area contributed by atoms with Crippen LogP contribution in [0, 0.1) is 10.1 Å². The highest BCUT2D eigenvalue weighted by Gasteiger charge is 2.24. The average Bonchev–Trinajstić information content (AvgIpc) is 3.00. The Morgan fingerprint density at radius 2 is 1.96 bits per heavy atom. The van der Waals surface area contributed by atoms with E-state index in [-0.39, 0.29) is 22.5 Å². The Morgan fingerprint density at radius 3 is 2.62 bits per heavy atom. The zero-order chi connectivity index (χ0) is 17.3. The summed E-state index contributed by atoms with van der Waals surface area (Å²) in [4.78, 5) is 22.2. The number of aromatic carboxylic acids is 1. The second-order valence-corrected chi connectivity index (χ2v) is 5.33. The maximum Gasteiger partial charge on any atom is 0.339 e. The Morgan fingerprint density at radius 1 is 1.21 bits per heavy atom. The smallest absolute Gasteiger partial charge is 0.339 e. The van der Waals surface area contributed by atoms with Crippen LogP contribution in [-0.2, 0) is 0 Å². The molecule has 0 radical (unpaired) electrons. The number of carboxylic acids is 1. The van der Waals surface area contributed by atoms with Gasteiger partial charge in [0.15, 0.2) is 0 Å². The number of nitrogens with zero attached hydrogens (tertiary/aromatic N) is 3. The van der Waals surface area contributed by atoms with E-state index in [0.29, 0.717) is 10.7 Å². The molecule has 8 heteroatoms. The molecular weight excluding hydrogens is 334 g/mol. The number of carboxylic acid groups (broad SMARTS) is 1. The molecule has 0 aliphatic rings. The molecule has 0 unspecified atom stereocenters. The Balaban J connectivity index is 2.22. The summed E-state index contributed by atoms with van der Waals surface area (Å²) in [5, 5.41) is 25.3. The average molecular weight is 344 g/mol. The van der Waals surface area contributed by atoms with Crippen LogP contribution in [0.4, 0.5) is 5.69 Å². The van der Waals surface area contributed by atoms with Crippen molar-refractivity contribution in [3.05, 3.63) is 75.4 Å². The van der Waals surface area contributed by atoms with E-state index in [1.165, 1.54) is 29.1 Å². The third-order valence-electron chi connectivity index (χ3n) is 3.37. The lowest BCUT2D eigenvalue weighted by molar-refractivity contribution is -0.384. The van der Waals surface area contributed by atoms with E-state index in [0.717, 1.165) is 0 Å². The molecule has 0 saturated heterocycles. The Hall–Kier alpha value is -3.19. The molecule has 1 heterocycles. The molecule has 0 bridgehead atoms. The van der Waals surface area contributed by atoms with E-state index in [4.69, 9.17) is 11.6 Å². The summed E-state index contributed by atoms with van der Waals surface area (Å²) in [6.07, 6.45) is 1.31. The number of hydrogen-bond acceptors (Lipinski definition) is 4. The van der Waals surface area contributed by atoms with Crippen molar-refractivity contribution in [3.8, 4) is 16.9 Å². The van der Waals surface area contributed by atoms with Crippen LogP contribution in [0.3, 0.4) is 0 Å². The molecule has 0 amide bonds. The van der Waals surface area contributed by atoms with Crippen molar-refractivity contribution in [3.63, 3.8) is 0 Å². The minimum atomic E-state index is -1.23. The SMILES string of the molecule is O=C(O)c1cn(-c2cccc(Cl)c2)nc1-c1ccccc1[N+](=O)[O-]. The highest BCUT2D eigenvalue weighted by atomic mass is 35.5. The van der Waals surface area contributed by atoms with Gasteiger partial charge in [-0.05, 0) is 24.3 Å². The van der Waals surface area contributed by atoms with Crippen LogP contribution in [0.5, 0.6) is 0 Å². The highest BCUT2D eigenvalue weighted by molar-refractivity contribution is 6.30. The Labute approximate surface area is 140 Å². The molecule has 2 aromatic carbocycles. The normalized spacial score (nSPS) is 10.5. The number of rotatable bonds is 4. The van der Waals surface area contributed by atoms with Crippen molar-refractivity contribution >= 4 is 23.3 Å². The Bertz CT molecular complexity index is 952. The van der Waals surface area contributed by atoms with Gasteiger partial charge in [0.05, 0.1) is 16.2 Å². The molecule has 0 aliphatic carbocycles. The Kier molecular flexibility index (Phi) is 4.01. The number of aromatic nitrogens is 2. The number of nitro benzene ring substituents is 1. The summed E-state index contributed by atoms with van der Waals surface area (Å²) in [6, 6.07) is 12.6. The topological polar surface area (TPSA) is 98.3 Å². The zero-order valence-corrected chi connectivity index (χ0v) is 12.8. The fourth-order valence-corrected chi connectivity index (χ4v) is 2.50. The zero-order valence-electron chi connectivity index (χ0n) is 12.1. The molecule has 0 saturated carbocycles. The van der Waals surface area contributed by atoms with Gasteiger partial charge in [0.25, 0.3) is 5.69 Å². The number of nitro groups is 1. The number of hydrogen-bond donors (Lipinski definition) is 1. The van der Waals surface area contributed by atoms with Crippen molar-refractivity contribution in [2.45, 2.75) is 0 Å². The summed E-state index contributed by atoms with van der Waals surface area (Å²) in [7, 11) is 0. The lowest BCUT2D eigenvalue weighted by Crippen LogP contribution is -1.99. The lowest BCUT2D eigenvalue weighted by atomic mass is 10.1. The van der Waals surface area contributed by atoms with Crippen LogP contribution >= 0.6 is 11.6 Å². The molecule has 1 aromatic heterocycles. The second kappa shape index (κ2) is 6.13. The predicted molar refractivity (Wildman–Crippen MR) is 87.6 cm³/mol. The van der Waals surface area contributed by atoms with Crippen molar-refractivity contribution in [1.29, 1.82) is 0 Å². The van der Waals surface area contributed by atoms with Crippen molar-refractivity contribution in [1.82, 2.24) is 9.78 Å². The van der Waals surface area contributed by atoms with Crippen molar-refractivity contribution < 1.29 is 14.8 Å². The third-order valence-corrected chi connectivity index (χ3v) is 3.61. The van der Waals surface area contributed by atoms with Crippen molar-refractivity contribution in [2.24, 2.45) is 0 Å². The van der Waals surface area contributed by atoms with Gasteiger partial charge >= 0.3 is 5.97 Å². The van der Waals surface area contributed by atoms with Gasteiger partial charge in [-0.3, -0.25) is 10.1 Å². The third kappa shape index (κ3) is 2.84. The first-order valence-electron chi connectivity index (χ1n) is 6.80. The van der Waals surface area contributed by atoms with Gasteiger partial charge in [-0.1, -0.05) is 29.8 Å². The number of para-hydroxylation sites is 1. The van der Waals surface area contributed by atoms with Gasteiger partial charge in [-0.25, -0.2) is 9.48 Å².